The van der Waals surface area contributed by atoms with Gasteiger partial charge < -0.3 is 47.7 Å². The van der Waals surface area contributed by atoms with Crippen molar-refractivity contribution in [3.8, 4) is 0 Å². The SMILES string of the molecule is CC(=O)OC[C@H]1O[C@@H](OC[C@H]2O[C@H](CO)[C@@H](OCc3ccccc3)[C@@H]2OCc2ccccc2)[C@H](OC(C)=O)[C@@H](OC(C)=O)[C@@H]1OC(C)=O. The smallest absolute Gasteiger partial charge is 0.303 e. The van der Waals surface area contributed by atoms with Crippen LogP contribution in [0, 0.1) is 0 Å². The molecule has 262 valence electrons. The molecule has 1 N–H and O–H groups in total. The highest BCUT2D eigenvalue weighted by atomic mass is 16.7. The zero-order chi connectivity index (χ0) is 34.6. The fraction of sp³-hybridized carbons (Fsp3) is 0.529. The molecule has 0 aromatic heterocycles. The Labute approximate surface area is 278 Å². The van der Waals surface area contributed by atoms with E-state index in [0.717, 1.165) is 31.9 Å². The average molecular weight is 675 g/mol. The minimum Gasteiger partial charge on any atom is -0.463 e. The first-order valence-corrected chi connectivity index (χ1v) is 15.5. The van der Waals surface area contributed by atoms with E-state index >= 15 is 0 Å². The van der Waals surface area contributed by atoms with Crippen LogP contribution in [0.5, 0.6) is 0 Å². The minimum atomic E-state index is -1.42. The maximum atomic E-state index is 12.2. The molecule has 2 aliphatic heterocycles. The molecule has 0 aliphatic carbocycles. The van der Waals surface area contributed by atoms with Gasteiger partial charge in [0.1, 0.15) is 37.1 Å². The summed E-state index contributed by atoms with van der Waals surface area (Å²) in [6.07, 6.45) is -9.77. The van der Waals surface area contributed by atoms with Crippen molar-refractivity contribution in [3.05, 3.63) is 71.8 Å². The number of hydrogen-bond donors (Lipinski definition) is 1. The van der Waals surface area contributed by atoms with Gasteiger partial charge in [0.2, 0.25) is 0 Å². The Balaban J connectivity index is 1.59. The van der Waals surface area contributed by atoms with Crippen LogP contribution in [0.2, 0.25) is 0 Å². The Morgan fingerprint density at radius 3 is 1.54 bits per heavy atom. The van der Waals surface area contributed by atoms with Crippen LogP contribution in [0.15, 0.2) is 60.7 Å². The van der Waals surface area contributed by atoms with E-state index in [-0.39, 0.29) is 26.4 Å². The van der Waals surface area contributed by atoms with Crippen molar-refractivity contribution in [2.24, 2.45) is 0 Å². The summed E-state index contributed by atoms with van der Waals surface area (Å²) in [6, 6.07) is 19.0. The largest absolute Gasteiger partial charge is 0.463 e. The van der Waals surface area contributed by atoms with Crippen LogP contribution in [-0.2, 0) is 75.0 Å². The van der Waals surface area contributed by atoms with Gasteiger partial charge in [-0.1, -0.05) is 60.7 Å². The normalized spacial score (nSPS) is 28.3. The molecule has 0 unspecified atom stereocenters. The zero-order valence-corrected chi connectivity index (χ0v) is 27.3. The van der Waals surface area contributed by atoms with Gasteiger partial charge in [-0.15, -0.1) is 0 Å². The molecule has 0 amide bonds. The van der Waals surface area contributed by atoms with Crippen molar-refractivity contribution >= 4 is 23.9 Å². The van der Waals surface area contributed by atoms with E-state index < -0.39 is 85.6 Å². The van der Waals surface area contributed by atoms with Gasteiger partial charge in [-0.25, -0.2) is 0 Å². The summed E-state index contributed by atoms with van der Waals surface area (Å²) in [5.74, 6) is -2.91. The third-order valence-electron chi connectivity index (χ3n) is 7.53. The van der Waals surface area contributed by atoms with Gasteiger partial charge in [-0.2, -0.15) is 0 Å². The average Bonchev–Trinajstić information content (AvgIpc) is 3.39. The Morgan fingerprint density at radius 1 is 0.562 bits per heavy atom. The number of carbonyl (C=O) groups excluding carboxylic acids is 4. The van der Waals surface area contributed by atoms with Crippen molar-refractivity contribution in [1.82, 2.24) is 0 Å². The molecule has 0 bridgehead atoms. The molecule has 2 aliphatic rings. The van der Waals surface area contributed by atoms with E-state index in [9.17, 15) is 24.3 Å². The maximum Gasteiger partial charge on any atom is 0.303 e. The van der Waals surface area contributed by atoms with Gasteiger partial charge in [0.25, 0.3) is 0 Å². The van der Waals surface area contributed by atoms with E-state index in [4.69, 9.17) is 42.6 Å². The highest BCUT2D eigenvalue weighted by Gasteiger charge is 2.54. The first-order valence-electron chi connectivity index (χ1n) is 15.5. The molecule has 2 heterocycles. The number of benzene rings is 2. The molecule has 14 heteroatoms. The fourth-order valence-electron chi connectivity index (χ4n) is 5.53. The molecule has 2 saturated heterocycles. The summed E-state index contributed by atoms with van der Waals surface area (Å²) in [6.45, 7) is 4.02. The first kappa shape index (κ1) is 36.9. The van der Waals surface area contributed by atoms with Crippen LogP contribution >= 0.6 is 0 Å². The standard InChI is InChI=1S/C34H42O14/c1-20(36)40-18-28-31(44-21(2)37)32(45-22(3)38)33(46-23(4)39)34(48-28)43-19-27-30(42-17-25-13-9-6-10-14-25)29(26(15-35)47-27)41-16-24-11-7-5-8-12-24/h5-14,26-35H,15-19H2,1-4H3/t26-,27-,28-,29-,30-,31-,32+,33-,34-/m1/s1. The highest BCUT2D eigenvalue weighted by Crippen LogP contribution is 2.33. The molecule has 2 aromatic rings. The van der Waals surface area contributed by atoms with E-state index in [1.165, 1.54) is 6.92 Å². The van der Waals surface area contributed by atoms with Crippen LogP contribution in [-0.4, -0.2) is 104 Å². The van der Waals surface area contributed by atoms with Crippen LogP contribution < -0.4 is 0 Å². The molecule has 0 saturated carbocycles. The second-order valence-corrected chi connectivity index (χ2v) is 11.3. The minimum absolute atomic E-state index is 0.202. The van der Waals surface area contributed by atoms with Gasteiger partial charge >= 0.3 is 23.9 Å². The van der Waals surface area contributed by atoms with Crippen LogP contribution in [0.25, 0.3) is 0 Å². The quantitative estimate of drug-likeness (QED) is 0.215. The molecule has 2 aromatic carbocycles. The van der Waals surface area contributed by atoms with Crippen molar-refractivity contribution in [3.63, 3.8) is 0 Å². The lowest BCUT2D eigenvalue weighted by Crippen LogP contribution is -2.63. The Kier molecular flexibility index (Phi) is 13.8. The fourth-order valence-corrected chi connectivity index (χ4v) is 5.53. The number of rotatable bonds is 15. The molecule has 2 fully saturated rings. The van der Waals surface area contributed by atoms with Gasteiger partial charge in [0.15, 0.2) is 24.6 Å². The monoisotopic (exact) mass is 674 g/mol. The van der Waals surface area contributed by atoms with Gasteiger partial charge in [0.05, 0.1) is 26.4 Å². The summed E-state index contributed by atoms with van der Waals surface area (Å²) in [5.41, 5.74) is 1.80. The topological polar surface area (TPSA) is 172 Å². The number of aliphatic hydroxyl groups is 1. The molecule has 0 radical (unpaired) electrons. The number of esters is 4. The van der Waals surface area contributed by atoms with Gasteiger partial charge in [0, 0.05) is 27.7 Å². The van der Waals surface area contributed by atoms with E-state index in [1.807, 2.05) is 60.7 Å². The highest BCUT2D eigenvalue weighted by molar-refractivity contribution is 5.68. The van der Waals surface area contributed by atoms with Gasteiger partial charge in [-0.05, 0) is 11.1 Å². The molecule has 48 heavy (non-hydrogen) atoms. The Bertz CT molecular complexity index is 1340. The first-order chi connectivity index (χ1) is 23.0. The predicted octanol–water partition coefficient (Wildman–Crippen LogP) is 2.02. The van der Waals surface area contributed by atoms with E-state index in [0.29, 0.717) is 0 Å². The second kappa shape index (κ2) is 18.0. The molecular formula is C34H42O14. The summed E-state index contributed by atoms with van der Waals surface area (Å²) < 4.78 is 52.5. The number of carbonyl (C=O) groups is 4. The summed E-state index contributed by atoms with van der Waals surface area (Å²) in [4.78, 5) is 48.1. The third-order valence-corrected chi connectivity index (χ3v) is 7.53. The van der Waals surface area contributed by atoms with Gasteiger partial charge in [-0.3, -0.25) is 19.2 Å². The molecule has 0 spiro atoms. The van der Waals surface area contributed by atoms with Crippen molar-refractivity contribution in [2.75, 3.05) is 19.8 Å². The number of ether oxygens (including phenoxy) is 9. The maximum absolute atomic E-state index is 12.2. The van der Waals surface area contributed by atoms with E-state index in [1.54, 1.807) is 0 Å². The van der Waals surface area contributed by atoms with Crippen molar-refractivity contribution in [1.29, 1.82) is 0 Å². The van der Waals surface area contributed by atoms with Crippen molar-refractivity contribution in [2.45, 2.75) is 96.0 Å². The summed E-state index contributed by atoms with van der Waals surface area (Å²) in [5, 5.41) is 10.3. The predicted molar refractivity (Wildman–Crippen MR) is 164 cm³/mol. The number of hydrogen-bond acceptors (Lipinski definition) is 14. The zero-order valence-electron chi connectivity index (χ0n) is 27.3. The summed E-state index contributed by atoms with van der Waals surface area (Å²) >= 11 is 0. The molecular weight excluding hydrogens is 632 g/mol. The third kappa shape index (κ3) is 10.5. The van der Waals surface area contributed by atoms with Crippen LogP contribution in [0.4, 0.5) is 0 Å². The lowest BCUT2D eigenvalue weighted by molar-refractivity contribution is -0.312. The lowest BCUT2D eigenvalue weighted by atomic mass is 9.98. The number of aliphatic hydroxyl groups excluding tert-OH is 1. The Hall–Kier alpha value is -3.92. The summed E-state index contributed by atoms with van der Waals surface area (Å²) in [7, 11) is 0. The second-order valence-electron chi connectivity index (χ2n) is 11.3. The van der Waals surface area contributed by atoms with Crippen molar-refractivity contribution < 1.29 is 66.9 Å². The molecule has 4 rings (SSSR count). The lowest BCUT2D eigenvalue weighted by Gasteiger charge is -2.44. The Morgan fingerprint density at radius 2 is 1.04 bits per heavy atom. The van der Waals surface area contributed by atoms with E-state index in [2.05, 4.69) is 0 Å². The van der Waals surface area contributed by atoms with Crippen LogP contribution in [0.3, 0.4) is 0 Å². The molecule has 9 atom stereocenters. The van der Waals surface area contributed by atoms with Crippen LogP contribution in [0.1, 0.15) is 38.8 Å². The molecule has 14 nitrogen and oxygen atoms in total.